The second-order valence-corrected chi connectivity index (χ2v) is 6.97. The van der Waals surface area contributed by atoms with Crippen LogP contribution in [-0.4, -0.2) is 48.6 Å². The highest BCUT2D eigenvalue weighted by atomic mass is 32.2. The minimum absolute atomic E-state index is 0.188. The molecule has 1 saturated heterocycles. The van der Waals surface area contributed by atoms with E-state index >= 15 is 0 Å². The van der Waals surface area contributed by atoms with Gasteiger partial charge in [0.15, 0.2) is 0 Å². The molecule has 1 aromatic heterocycles. The van der Waals surface area contributed by atoms with Gasteiger partial charge in [0.25, 0.3) is 0 Å². The third kappa shape index (κ3) is 3.05. The molecule has 7 heteroatoms. The molecule has 0 aliphatic carbocycles. The van der Waals surface area contributed by atoms with Crippen LogP contribution in [0.15, 0.2) is 23.2 Å². The van der Waals surface area contributed by atoms with Gasteiger partial charge in [0.2, 0.25) is 10.0 Å². The molecule has 0 spiro atoms. The van der Waals surface area contributed by atoms with Gasteiger partial charge in [0.05, 0.1) is 5.60 Å². The Labute approximate surface area is 113 Å². The fraction of sp³-hybridized carbons (Fsp3) is 0.583. The Hall–Kier alpha value is -1.18. The van der Waals surface area contributed by atoms with Crippen LogP contribution >= 0.6 is 0 Å². The van der Waals surface area contributed by atoms with Crippen molar-refractivity contribution in [3.8, 4) is 0 Å². The average Bonchev–Trinajstić information content (AvgIpc) is 2.38. The van der Waals surface area contributed by atoms with Gasteiger partial charge in [0, 0.05) is 26.3 Å². The average molecular weight is 285 g/mol. The van der Waals surface area contributed by atoms with Crippen LogP contribution in [0.25, 0.3) is 0 Å². The highest BCUT2D eigenvalue weighted by Crippen LogP contribution is 2.26. The number of rotatable bonds is 3. The van der Waals surface area contributed by atoms with Crippen molar-refractivity contribution in [2.75, 3.05) is 25.5 Å². The van der Waals surface area contributed by atoms with E-state index in [-0.39, 0.29) is 4.90 Å². The number of aromatic nitrogens is 1. The van der Waals surface area contributed by atoms with Gasteiger partial charge in [-0.05, 0) is 31.9 Å². The molecule has 1 aliphatic heterocycles. The Morgan fingerprint density at radius 1 is 1.37 bits per heavy atom. The van der Waals surface area contributed by atoms with Crippen LogP contribution in [0.5, 0.6) is 0 Å². The quantitative estimate of drug-likeness (QED) is 0.852. The van der Waals surface area contributed by atoms with Crippen molar-refractivity contribution in [2.45, 2.75) is 30.3 Å². The highest BCUT2D eigenvalue weighted by Gasteiger charge is 2.34. The SMILES string of the molecule is CNc1ccc(S(=O)(=O)N2CCC(C)(O)CC2)cn1. The van der Waals surface area contributed by atoms with E-state index < -0.39 is 15.6 Å². The summed E-state index contributed by atoms with van der Waals surface area (Å²) >= 11 is 0. The van der Waals surface area contributed by atoms with E-state index in [1.807, 2.05) is 0 Å². The fourth-order valence-corrected chi connectivity index (χ4v) is 3.43. The number of piperidine rings is 1. The van der Waals surface area contributed by atoms with E-state index in [1.165, 1.54) is 10.5 Å². The van der Waals surface area contributed by atoms with Crippen molar-refractivity contribution < 1.29 is 13.5 Å². The molecule has 0 radical (unpaired) electrons. The molecule has 1 aliphatic rings. The van der Waals surface area contributed by atoms with Gasteiger partial charge in [-0.25, -0.2) is 13.4 Å². The van der Waals surface area contributed by atoms with Crippen LogP contribution in [0.4, 0.5) is 5.82 Å². The summed E-state index contributed by atoms with van der Waals surface area (Å²) in [5.74, 6) is 0.625. The van der Waals surface area contributed by atoms with Crippen LogP contribution in [-0.2, 0) is 10.0 Å². The zero-order valence-electron chi connectivity index (χ0n) is 11.1. The number of nitrogens with one attached hydrogen (secondary N) is 1. The number of anilines is 1. The zero-order valence-corrected chi connectivity index (χ0v) is 11.9. The van der Waals surface area contributed by atoms with Gasteiger partial charge in [-0.15, -0.1) is 0 Å². The molecule has 1 aromatic rings. The molecule has 19 heavy (non-hydrogen) atoms. The maximum Gasteiger partial charge on any atom is 0.244 e. The second-order valence-electron chi connectivity index (χ2n) is 5.03. The lowest BCUT2D eigenvalue weighted by Gasteiger charge is -2.34. The van der Waals surface area contributed by atoms with E-state index in [4.69, 9.17) is 0 Å². The van der Waals surface area contributed by atoms with Gasteiger partial charge in [-0.3, -0.25) is 0 Å². The molecule has 0 saturated carbocycles. The Morgan fingerprint density at radius 2 is 2.00 bits per heavy atom. The summed E-state index contributed by atoms with van der Waals surface area (Å²) in [7, 11) is -1.78. The van der Waals surface area contributed by atoms with Gasteiger partial charge >= 0.3 is 0 Å². The molecule has 2 heterocycles. The number of hydrogen-bond acceptors (Lipinski definition) is 5. The lowest BCUT2D eigenvalue weighted by Crippen LogP contribution is -2.45. The smallest absolute Gasteiger partial charge is 0.244 e. The van der Waals surface area contributed by atoms with Crippen LogP contribution in [0, 0.1) is 0 Å². The first-order valence-electron chi connectivity index (χ1n) is 6.21. The largest absolute Gasteiger partial charge is 0.390 e. The van der Waals surface area contributed by atoms with Gasteiger partial charge in [-0.1, -0.05) is 0 Å². The van der Waals surface area contributed by atoms with E-state index in [0.29, 0.717) is 31.7 Å². The van der Waals surface area contributed by atoms with Gasteiger partial charge < -0.3 is 10.4 Å². The first-order valence-corrected chi connectivity index (χ1v) is 7.65. The third-order valence-corrected chi connectivity index (χ3v) is 5.31. The highest BCUT2D eigenvalue weighted by molar-refractivity contribution is 7.89. The molecule has 2 rings (SSSR count). The standard InChI is InChI=1S/C12H19N3O3S/c1-12(16)5-7-15(8-6-12)19(17,18)10-3-4-11(13-2)14-9-10/h3-4,9,16H,5-8H2,1-2H3,(H,13,14). The van der Waals surface area contributed by atoms with Crippen LogP contribution in [0.3, 0.4) is 0 Å². The Kier molecular flexibility index (Phi) is 3.80. The molecular formula is C12H19N3O3S. The van der Waals surface area contributed by atoms with Gasteiger partial charge in [0.1, 0.15) is 10.7 Å². The van der Waals surface area contributed by atoms with Crippen molar-refractivity contribution in [2.24, 2.45) is 0 Å². The molecule has 0 atom stereocenters. The summed E-state index contributed by atoms with van der Waals surface area (Å²) in [4.78, 5) is 4.21. The first kappa shape index (κ1) is 14.2. The second kappa shape index (κ2) is 5.07. The van der Waals surface area contributed by atoms with Crippen molar-refractivity contribution in [1.29, 1.82) is 0 Å². The summed E-state index contributed by atoms with van der Waals surface area (Å²) < 4.78 is 26.2. The van der Waals surface area contributed by atoms with Crippen molar-refractivity contribution in [3.63, 3.8) is 0 Å². The molecule has 0 aromatic carbocycles. The number of aliphatic hydroxyl groups is 1. The predicted octanol–water partition coefficient (Wildman–Crippen LogP) is 0.659. The Balaban J connectivity index is 2.18. The normalized spacial score (nSPS) is 20.2. The molecule has 0 bridgehead atoms. The van der Waals surface area contributed by atoms with E-state index in [1.54, 1.807) is 26.1 Å². The molecule has 0 unspecified atom stereocenters. The fourth-order valence-electron chi connectivity index (χ4n) is 2.04. The molecule has 0 amide bonds. The zero-order chi connectivity index (χ0) is 14.1. The monoisotopic (exact) mass is 285 g/mol. The van der Waals surface area contributed by atoms with Crippen LogP contribution in [0.2, 0.25) is 0 Å². The van der Waals surface area contributed by atoms with Crippen molar-refractivity contribution in [3.05, 3.63) is 18.3 Å². The summed E-state index contributed by atoms with van der Waals surface area (Å²) in [6, 6.07) is 3.17. The Bertz CT molecular complexity index is 530. The van der Waals surface area contributed by atoms with E-state index in [9.17, 15) is 13.5 Å². The predicted molar refractivity (Wildman–Crippen MR) is 72.4 cm³/mol. The Morgan fingerprint density at radius 3 is 2.47 bits per heavy atom. The first-order chi connectivity index (χ1) is 8.85. The number of sulfonamides is 1. The number of pyridine rings is 1. The maximum atomic E-state index is 12.4. The van der Waals surface area contributed by atoms with E-state index in [0.717, 1.165) is 0 Å². The minimum atomic E-state index is -3.51. The molecular weight excluding hydrogens is 266 g/mol. The third-order valence-electron chi connectivity index (χ3n) is 3.43. The molecule has 106 valence electrons. The van der Waals surface area contributed by atoms with E-state index in [2.05, 4.69) is 10.3 Å². The van der Waals surface area contributed by atoms with Crippen LogP contribution < -0.4 is 5.32 Å². The summed E-state index contributed by atoms with van der Waals surface area (Å²) in [6.45, 7) is 2.41. The van der Waals surface area contributed by atoms with Gasteiger partial charge in [-0.2, -0.15) is 4.31 Å². The van der Waals surface area contributed by atoms with Crippen molar-refractivity contribution >= 4 is 15.8 Å². The summed E-state index contributed by atoms with van der Waals surface area (Å²) in [6.07, 6.45) is 2.26. The van der Waals surface area contributed by atoms with Crippen molar-refractivity contribution in [1.82, 2.24) is 9.29 Å². The minimum Gasteiger partial charge on any atom is -0.390 e. The topological polar surface area (TPSA) is 82.5 Å². The van der Waals surface area contributed by atoms with Crippen LogP contribution in [0.1, 0.15) is 19.8 Å². The lowest BCUT2D eigenvalue weighted by molar-refractivity contribution is 0.0126. The number of nitrogens with zero attached hydrogens (tertiary/aromatic N) is 2. The molecule has 6 nitrogen and oxygen atoms in total. The lowest BCUT2D eigenvalue weighted by atomic mass is 9.95. The maximum absolute atomic E-state index is 12.4. The summed E-state index contributed by atoms with van der Waals surface area (Å²) in [5, 5.41) is 12.7. The number of hydrogen-bond donors (Lipinski definition) is 2. The molecule has 1 fully saturated rings. The summed E-state index contributed by atoms with van der Waals surface area (Å²) in [5.41, 5.74) is -0.764. The molecule has 2 N–H and O–H groups in total.